The maximum absolute atomic E-state index is 13.2. The second-order valence-corrected chi connectivity index (χ2v) is 3.15. The SMILES string of the molecule is COC(=O)NCCNC(=O)c1ccccc1F. The molecule has 0 atom stereocenters. The summed E-state index contributed by atoms with van der Waals surface area (Å²) < 4.78 is 17.5. The van der Waals surface area contributed by atoms with Gasteiger partial charge in [0.05, 0.1) is 12.7 Å². The Balaban J connectivity index is 2.36. The minimum atomic E-state index is -0.579. The van der Waals surface area contributed by atoms with Crippen LogP contribution in [0.5, 0.6) is 0 Å². The summed E-state index contributed by atoms with van der Waals surface area (Å²) in [7, 11) is 1.24. The number of methoxy groups -OCH3 is 1. The van der Waals surface area contributed by atoms with E-state index in [1.807, 2.05) is 0 Å². The van der Waals surface area contributed by atoms with Crippen molar-refractivity contribution in [3.05, 3.63) is 35.6 Å². The Hall–Kier alpha value is -2.11. The molecule has 92 valence electrons. The first-order valence-corrected chi connectivity index (χ1v) is 4.99. The summed E-state index contributed by atoms with van der Waals surface area (Å²) in [6, 6.07) is 5.68. The lowest BCUT2D eigenvalue weighted by molar-refractivity contribution is 0.0949. The van der Waals surface area contributed by atoms with E-state index in [1.165, 1.54) is 25.3 Å². The third-order valence-electron chi connectivity index (χ3n) is 1.98. The van der Waals surface area contributed by atoms with Gasteiger partial charge in [0, 0.05) is 13.1 Å². The second-order valence-electron chi connectivity index (χ2n) is 3.15. The van der Waals surface area contributed by atoms with E-state index in [-0.39, 0.29) is 18.7 Å². The number of hydrogen-bond acceptors (Lipinski definition) is 3. The Labute approximate surface area is 98.0 Å². The number of carbonyl (C=O) groups is 2. The van der Waals surface area contributed by atoms with Crippen LogP contribution in [-0.2, 0) is 4.74 Å². The number of halogens is 1. The summed E-state index contributed by atoms with van der Waals surface area (Å²) in [5, 5.41) is 4.85. The van der Waals surface area contributed by atoms with Crippen molar-refractivity contribution in [3.8, 4) is 0 Å². The van der Waals surface area contributed by atoms with Gasteiger partial charge in [0.2, 0.25) is 0 Å². The Bertz CT molecular complexity index is 409. The number of benzene rings is 1. The molecule has 0 saturated carbocycles. The number of rotatable bonds is 4. The molecule has 0 aromatic heterocycles. The number of alkyl carbamates (subject to hydrolysis) is 1. The maximum atomic E-state index is 13.2. The van der Waals surface area contributed by atoms with E-state index in [9.17, 15) is 14.0 Å². The van der Waals surface area contributed by atoms with Gasteiger partial charge in [-0.15, -0.1) is 0 Å². The number of amides is 2. The molecule has 1 rings (SSSR count). The van der Waals surface area contributed by atoms with Crippen molar-refractivity contribution in [2.24, 2.45) is 0 Å². The fraction of sp³-hybridized carbons (Fsp3) is 0.273. The van der Waals surface area contributed by atoms with E-state index in [2.05, 4.69) is 15.4 Å². The van der Waals surface area contributed by atoms with Crippen LogP contribution in [0, 0.1) is 5.82 Å². The van der Waals surface area contributed by atoms with Crippen LogP contribution >= 0.6 is 0 Å². The molecule has 0 bridgehead atoms. The van der Waals surface area contributed by atoms with Gasteiger partial charge in [0.15, 0.2) is 0 Å². The summed E-state index contributed by atoms with van der Waals surface area (Å²) in [6.07, 6.45) is -0.579. The van der Waals surface area contributed by atoms with Crippen molar-refractivity contribution in [3.63, 3.8) is 0 Å². The Kier molecular flexibility index (Phi) is 4.93. The fourth-order valence-electron chi connectivity index (χ4n) is 1.15. The van der Waals surface area contributed by atoms with Gasteiger partial charge in [-0.25, -0.2) is 9.18 Å². The number of carbonyl (C=O) groups excluding carboxylic acids is 2. The molecule has 0 spiro atoms. The Morgan fingerprint density at radius 1 is 1.24 bits per heavy atom. The van der Waals surface area contributed by atoms with Crippen molar-refractivity contribution in [2.45, 2.75) is 0 Å². The molecule has 2 N–H and O–H groups in total. The van der Waals surface area contributed by atoms with Crippen molar-refractivity contribution >= 4 is 12.0 Å². The van der Waals surface area contributed by atoms with Crippen LogP contribution in [0.1, 0.15) is 10.4 Å². The zero-order valence-electron chi connectivity index (χ0n) is 9.33. The van der Waals surface area contributed by atoms with E-state index >= 15 is 0 Å². The summed E-state index contributed by atoms with van der Waals surface area (Å²) >= 11 is 0. The highest BCUT2D eigenvalue weighted by molar-refractivity contribution is 5.94. The highest BCUT2D eigenvalue weighted by atomic mass is 19.1. The summed E-state index contributed by atoms with van der Waals surface area (Å²) in [4.78, 5) is 22.2. The van der Waals surface area contributed by atoms with Crippen LogP contribution in [0.2, 0.25) is 0 Å². The topological polar surface area (TPSA) is 67.4 Å². The van der Waals surface area contributed by atoms with Gasteiger partial charge in [-0.3, -0.25) is 4.79 Å². The van der Waals surface area contributed by atoms with Crippen molar-refractivity contribution in [1.82, 2.24) is 10.6 Å². The zero-order valence-corrected chi connectivity index (χ0v) is 9.33. The van der Waals surface area contributed by atoms with Crippen molar-refractivity contribution < 1.29 is 18.7 Å². The number of nitrogens with one attached hydrogen (secondary N) is 2. The van der Waals surface area contributed by atoms with Crippen LogP contribution in [-0.4, -0.2) is 32.2 Å². The van der Waals surface area contributed by atoms with Crippen LogP contribution in [0.3, 0.4) is 0 Å². The average Bonchev–Trinajstić information content (AvgIpc) is 2.34. The van der Waals surface area contributed by atoms with Crippen molar-refractivity contribution in [1.29, 1.82) is 0 Å². The maximum Gasteiger partial charge on any atom is 0.406 e. The first-order valence-electron chi connectivity index (χ1n) is 4.99. The average molecular weight is 240 g/mol. The van der Waals surface area contributed by atoms with Crippen molar-refractivity contribution in [2.75, 3.05) is 20.2 Å². The van der Waals surface area contributed by atoms with Crippen LogP contribution in [0.15, 0.2) is 24.3 Å². The van der Waals surface area contributed by atoms with E-state index in [1.54, 1.807) is 6.07 Å². The standard InChI is InChI=1S/C11H13FN2O3/c1-17-11(16)14-7-6-13-10(15)8-4-2-3-5-9(8)12/h2-5H,6-7H2,1H3,(H,13,15)(H,14,16). The van der Waals surface area contributed by atoms with Gasteiger partial charge in [0.1, 0.15) is 5.82 Å². The predicted octanol–water partition coefficient (Wildman–Crippen LogP) is 0.911. The molecule has 5 nitrogen and oxygen atoms in total. The van der Waals surface area contributed by atoms with Crippen LogP contribution < -0.4 is 10.6 Å². The first-order chi connectivity index (χ1) is 8.15. The van der Waals surface area contributed by atoms with Gasteiger partial charge in [0.25, 0.3) is 5.91 Å². The van der Waals surface area contributed by atoms with Gasteiger partial charge in [-0.2, -0.15) is 0 Å². The molecule has 0 fully saturated rings. The summed E-state index contributed by atoms with van der Waals surface area (Å²) in [5.74, 6) is -1.10. The van der Waals surface area contributed by atoms with E-state index in [0.717, 1.165) is 0 Å². The van der Waals surface area contributed by atoms with Crippen LogP contribution in [0.25, 0.3) is 0 Å². The minimum absolute atomic E-state index is 0.0226. The Morgan fingerprint density at radius 2 is 1.88 bits per heavy atom. The Morgan fingerprint density at radius 3 is 2.53 bits per heavy atom. The minimum Gasteiger partial charge on any atom is -0.453 e. The molecule has 0 radical (unpaired) electrons. The molecule has 0 unspecified atom stereocenters. The lowest BCUT2D eigenvalue weighted by atomic mass is 10.2. The normalized spacial score (nSPS) is 9.53. The fourth-order valence-corrected chi connectivity index (χ4v) is 1.15. The van der Waals surface area contributed by atoms with E-state index in [0.29, 0.717) is 0 Å². The van der Waals surface area contributed by atoms with Gasteiger partial charge in [-0.05, 0) is 12.1 Å². The van der Waals surface area contributed by atoms with E-state index < -0.39 is 17.8 Å². The first kappa shape index (κ1) is 13.0. The second kappa shape index (κ2) is 6.47. The highest BCUT2D eigenvalue weighted by Gasteiger charge is 2.09. The smallest absolute Gasteiger partial charge is 0.406 e. The third-order valence-corrected chi connectivity index (χ3v) is 1.98. The monoisotopic (exact) mass is 240 g/mol. The molecular formula is C11H13FN2O3. The highest BCUT2D eigenvalue weighted by Crippen LogP contribution is 2.05. The molecule has 17 heavy (non-hydrogen) atoms. The quantitative estimate of drug-likeness (QED) is 0.769. The molecule has 1 aromatic rings. The molecule has 6 heteroatoms. The van der Waals surface area contributed by atoms with Crippen LogP contribution in [0.4, 0.5) is 9.18 Å². The summed E-state index contributed by atoms with van der Waals surface area (Å²) in [6.45, 7) is 0.412. The molecular weight excluding hydrogens is 227 g/mol. The molecule has 0 saturated heterocycles. The summed E-state index contributed by atoms with van der Waals surface area (Å²) in [5.41, 5.74) is -0.0226. The third kappa shape index (κ3) is 4.10. The lowest BCUT2D eigenvalue weighted by Gasteiger charge is -2.06. The van der Waals surface area contributed by atoms with E-state index in [4.69, 9.17) is 0 Å². The lowest BCUT2D eigenvalue weighted by Crippen LogP contribution is -2.34. The molecule has 0 aliphatic heterocycles. The zero-order chi connectivity index (χ0) is 12.7. The van der Waals surface area contributed by atoms with Gasteiger partial charge < -0.3 is 15.4 Å². The molecule has 0 heterocycles. The largest absolute Gasteiger partial charge is 0.453 e. The molecule has 0 aliphatic carbocycles. The predicted molar refractivity (Wildman–Crippen MR) is 59.1 cm³/mol. The van der Waals surface area contributed by atoms with Gasteiger partial charge >= 0.3 is 6.09 Å². The molecule has 1 aromatic carbocycles. The number of hydrogen-bond donors (Lipinski definition) is 2. The molecule has 0 aliphatic rings. The number of ether oxygens (including phenoxy) is 1. The van der Waals surface area contributed by atoms with Gasteiger partial charge in [-0.1, -0.05) is 12.1 Å². The molecule has 2 amide bonds.